The predicted molar refractivity (Wildman–Crippen MR) is 53.6 cm³/mol. The Hall–Kier alpha value is -2.44. The van der Waals surface area contributed by atoms with Gasteiger partial charge >= 0.3 is 0 Å². The second kappa shape index (κ2) is 4.20. The van der Waals surface area contributed by atoms with Crippen molar-refractivity contribution in [2.75, 3.05) is 0 Å². The standard InChI is InChI=1S/C10H7NO6/c12-5-16-10-4-8(13)7-3-6(11(14)15)1-2-9(7)17-10/h1-3,5,10H,4H2. The molecular weight excluding hydrogens is 230 g/mol. The van der Waals surface area contributed by atoms with Gasteiger partial charge in [0.25, 0.3) is 18.4 Å². The molecule has 0 bridgehead atoms. The number of carbonyl (C=O) groups is 2. The van der Waals surface area contributed by atoms with Crippen LogP contribution in [0.2, 0.25) is 0 Å². The van der Waals surface area contributed by atoms with Gasteiger partial charge < -0.3 is 9.47 Å². The number of nitrogens with zero attached hydrogens (tertiary/aromatic N) is 1. The fourth-order valence-corrected chi connectivity index (χ4v) is 1.53. The molecule has 1 aromatic rings. The van der Waals surface area contributed by atoms with Crippen LogP contribution in [0.5, 0.6) is 5.75 Å². The molecule has 1 heterocycles. The number of non-ortho nitro benzene ring substituents is 1. The molecule has 17 heavy (non-hydrogen) atoms. The summed E-state index contributed by atoms with van der Waals surface area (Å²) in [4.78, 5) is 31.7. The van der Waals surface area contributed by atoms with Crippen molar-refractivity contribution in [3.8, 4) is 5.75 Å². The molecule has 0 N–H and O–H groups in total. The lowest BCUT2D eigenvalue weighted by Crippen LogP contribution is -2.29. The highest BCUT2D eigenvalue weighted by Crippen LogP contribution is 2.30. The summed E-state index contributed by atoms with van der Waals surface area (Å²) in [7, 11) is 0. The van der Waals surface area contributed by atoms with Crippen LogP contribution < -0.4 is 4.74 Å². The smallest absolute Gasteiger partial charge is 0.296 e. The van der Waals surface area contributed by atoms with Gasteiger partial charge in [-0.15, -0.1) is 0 Å². The first kappa shape index (κ1) is 11.1. The van der Waals surface area contributed by atoms with E-state index in [1.165, 1.54) is 12.1 Å². The molecule has 0 aliphatic carbocycles. The summed E-state index contributed by atoms with van der Waals surface area (Å²) in [6, 6.07) is 3.68. The highest BCUT2D eigenvalue weighted by Gasteiger charge is 2.29. The number of ether oxygens (including phenoxy) is 2. The Kier molecular flexibility index (Phi) is 2.73. The first-order valence-electron chi connectivity index (χ1n) is 4.69. The van der Waals surface area contributed by atoms with Gasteiger partial charge in [0.1, 0.15) is 5.75 Å². The number of fused-ring (bicyclic) bond motifs is 1. The van der Waals surface area contributed by atoms with E-state index < -0.39 is 11.2 Å². The lowest BCUT2D eigenvalue weighted by molar-refractivity contribution is -0.384. The van der Waals surface area contributed by atoms with E-state index in [1.807, 2.05) is 0 Å². The van der Waals surface area contributed by atoms with E-state index in [0.717, 1.165) is 6.07 Å². The van der Waals surface area contributed by atoms with E-state index in [4.69, 9.17) is 4.74 Å². The maximum atomic E-state index is 11.6. The molecule has 0 spiro atoms. The molecule has 7 heteroatoms. The summed E-state index contributed by atoms with van der Waals surface area (Å²) in [6.07, 6.45) is -1.11. The van der Waals surface area contributed by atoms with Crippen molar-refractivity contribution < 1.29 is 24.0 Å². The molecule has 88 valence electrons. The molecule has 0 aromatic heterocycles. The zero-order chi connectivity index (χ0) is 12.4. The number of hydrogen-bond donors (Lipinski definition) is 0. The molecular formula is C10H7NO6. The van der Waals surface area contributed by atoms with E-state index >= 15 is 0 Å². The molecule has 2 rings (SSSR count). The van der Waals surface area contributed by atoms with E-state index in [2.05, 4.69) is 4.74 Å². The van der Waals surface area contributed by atoms with E-state index in [-0.39, 0.29) is 35.7 Å². The Balaban J connectivity index is 2.35. The summed E-state index contributed by atoms with van der Waals surface area (Å²) in [5, 5.41) is 10.5. The topological polar surface area (TPSA) is 95.7 Å². The zero-order valence-electron chi connectivity index (χ0n) is 8.49. The molecule has 1 atom stereocenters. The average Bonchev–Trinajstić information content (AvgIpc) is 2.29. The number of carbonyl (C=O) groups excluding carboxylic acids is 2. The SMILES string of the molecule is O=COC1CC(=O)c2cc([N+](=O)[O-])ccc2O1. The third kappa shape index (κ3) is 2.07. The molecule has 0 saturated carbocycles. The first-order chi connectivity index (χ1) is 8.11. The molecule has 7 nitrogen and oxygen atoms in total. The third-order valence-corrected chi connectivity index (χ3v) is 2.29. The number of rotatable bonds is 3. The van der Waals surface area contributed by atoms with Crippen LogP contribution in [0.3, 0.4) is 0 Å². The van der Waals surface area contributed by atoms with Crippen LogP contribution in [0.4, 0.5) is 5.69 Å². The number of nitro benzene ring substituents is 1. The van der Waals surface area contributed by atoms with E-state index in [0.29, 0.717) is 0 Å². The van der Waals surface area contributed by atoms with E-state index in [1.54, 1.807) is 0 Å². The Morgan fingerprint density at radius 2 is 2.29 bits per heavy atom. The van der Waals surface area contributed by atoms with Gasteiger partial charge in [0, 0.05) is 12.1 Å². The first-order valence-corrected chi connectivity index (χ1v) is 4.69. The minimum Gasteiger partial charge on any atom is -0.454 e. The number of benzene rings is 1. The van der Waals surface area contributed by atoms with Crippen LogP contribution in [0.25, 0.3) is 0 Å². The second-order valence-corrected chi connectivity index (χ2v) is 3.34. The van der Waals surface area contributed by atoms with Crippen molar-refractivity contribution in [3.63, 3.8) is 0 Å². The van der Waals surface area contributed by atoms with Gasteiger partial charge in [0.2, 0.25) is 0 Å². The van der Waals surface area contributed by atoms with Gasteiger partial charge in [-0.2, -0.15) is 0 Å². The van der Waals surface area contributed by atoms with Crippen molar-refractivity contribution in [1.29, 1.82) is 0 Å². The summed E-state index contributed by atoms with van der Waals surface area (Å²) in [5.41, 5.74) is -0.0552. The molecule has 0 saturated heterocycles. The van der Waals surface area contributed by atoms with Crippen molar-refractivity contribution in [2.45, 2.75) is 12.7 Å². The van der Waals surface area contributed by atoms with Gasteiger partial charge in [-0.25, -0.2) is 0 Å². The van der Waals surface area contributed by atoms with Crippen LogP contribution >= 0.6 is 0 Å². The van der Waals surface area contributed by atoms with Crippen LogP contribution in [0.1, 0.15) is 16.8 Å². The number of Topliss-reactive ketones (excluding diaryl/α,β-unsaturated/α-hetero) is 1. The van der Waals surface area contributed by atoms with Crippen molar-refractivity contribution >= 4 is 17.9 Å². The molecule has 0 radical (unpaired) electrons. The highest BCUT2D eigenvalue weighted by molar-refractivity contribution is 6.00. The van der Waals surface area contributed by atoms with Crippen LogP contribution in [-0.2, 0) is 9.53 Å². The molecule has 0 fully saturated rings. The Morgan fingerprint density at radius 3 is 2.94 bits per heavy atom. The fraction of sp³-hybridized carbons (Fsp3) is 0.200. The Morgan fingerprint density at radius 1 is 1.53 bits per heavy atom. The number of ketones is 1. The Bertz CT molecular complexity index is 498. The van der Waals surface area contributed by atoms with Crippen molar-refractivity contribution in [1.82, 2.24) is 0 Å². The van der Waals surface area contributed by atoms with Gasteiger partial charge in [-0.3, -0.25) is 19.7 Å². The lowest BCUT2D eigenvalue weighted by Gasteiger charge is -2.22. The Labute approximate surface area is 95.1 Å². The summed E-state index contributed by atoms with van der Waals surface area (Å²) < 4.78 is 9.71. The summed E-state index contributed by atoms with van der Waals surface area (Å²) in [6.45, 7) is 0.189. The summed E-state index contributed by atoms with van der Waals surface area (Å²) in [5.74, 6) is -0.180. The van der Waals surface area contributed by atoms with Crippen LogP contribution in [0, 0.1) is 10.1 Å². The quantitative estimate of drug-likeness (QED) is 0.443. The molecule has 1 aromatic carbocycles. The molecule has 1 aliphatic rings. The van der Waals surface area contributed by atoms with Gasteiger partial charge in [0.05, 0.1) is 16.9 Å². The molecule has 1 aliphatic heterocycles. The maximum Gasteiger partial charge on any atom is 0.296 e. The normalized spacial score (nSPS) is 17.9. The van der Waals surface area contributed by atoms with Crippen LogP contribution in [0.15, 0.2) is 18.2 Å². The van der Waals surface area contributed by atoms with Crippen LogP contribution in [-0.4, -0.2) is 23.5 Å². The summed E-state index contributed by atoms with van der Waals surface area (Å²) >= 11 is 0. The zero-order valence-corrected chi connectivity index (χ0v) is 8.49. The third-order valence-electron chi connectivity index (χ3n) is 2.29. The molecule has 0 amide bonds. The van der Waals surface area contributed by atoms with Gasteiger partial charge in [-0.1, -0.05) is 0 Å². The minimum atomic E-state index is -0.964. The maximum absolute atomic E-state index is 11.6. The van der Waals surface area contributed by atoms with Gasteiger partial charge in [0.15, 0.2) is 5.78 Å². The average molecular weight is 237 g/mol. The van der Waals surface area contributed by atoms with Crippen molar-refractivity contribution in [2.24, 2.45) is 0 Å². The highest BCUT2D eigenvalue weighted by atomic mass is 16.7. The van der Waals surface area contributed by atoms with Gasteiger partial charge in [-0.05, 0) is 6.07 Å². The number of nitro groups is 1. The van der Waals surface area contributed by atoms with Crippen molar-refractivity contribution in [3.05, 3.63) is 33.9 Å². The largest absolute Gasteiger partial charge is 0.454 e. The second-order valence-electron chi connectivity index (χ2n) is 3.34. The fourth-order valence-electron chi connectivity index (χ4n) is 1.53. The lowest BCUT2D eigenvalue weighted by atomic mass is 10.0. The number of hydrogen-bond acceptors (Lipinski definition) is 6. The van der Waals surface area contributed by atoms with E-state index in [9.17, 15) is 19.7 Å². The minimum absolute atomic E-state index is 0.130. The molecule has 1 unspecified atom stereocenters. The predicted octanol–water partition coefficient (Wildman–Crippen LogP) is 1.06. The monoisotopic (exact) mass is 237 g/mol.